The Morgan fingerprint density at radius 3 is 2.54 bits per heavy atom. The third-order valence-corrected chi connectivity index (χ3v) is 6.05. The summed E-state index contributed by atoms with van der Waals surface area (Å²) < 4.78 is 2.08. The predicted octanol–water partition coefficient (Wildman–Crippen LogP) is 4.89. The maximum atomic E-state index is 12.7. The van der Waals surface area contributed by atoms with Crippen molar-refractivity contribution in [2.75, 3.05) is 18.8 Å². The zero-order valence-electron chi connectivity index (χ0n) is 16.1. The standard InChI is InChI=1S/C23H25N3OS/c1-18-9-8-14-25(15-18)22(27)17-28-23-24-21(19-10-4-2-5-11-19)16-26(23)20-12-6-3-7-13-20/h2-7,10-13,16,18H,8-9,14-15,17H2,1H3. The smallest absolute Gasteiger partial charge is 0.233 e. The molecule has 1 amide bonds. The summed E-state index contributed by atoms with van der Waals surface area (Å²) in [6.45, 7) is 3.98. The van der Waals surface area contributed by atoms with Gasteiger partial charge in [0.05, 0.1) is 11.4 Å². The molecule has 1 saturated heterocycles. The molecule has 4 nitrogen and oxygen atoms in total. The van der Waals surface area contributed by atoms with Gasteiger partial charge in [-0.15, -0.1) is 0 Å². The Morgan fingerprint density at radius 1 is 1.11 bits per heavy atom. The molecule has 0 saturated carbocycles. The van der Waals surface area contributed by atoms with E-state index in [2.05, 4.69) is 42.0 Å². The first-order valence-corrected chi connectivity index (χ1v) is 10.8. The number of carbonyl (C=O) groups is 1. The van der Waals surface area contributed by atoms with Gasteiger partial charge in [0.1, 0.15) is 0 Å². The summed E-state index contributed by atoms with van der Waals surface area (Å²) in [4.78, 5) is 19.6. The number of imidazole rings is 1. The number of nitrogens with zero attached hydrogens (tertiary/aromatic N) is 3. The van der Waals surface area contributed by atoms with Crippen LogP contribution in [0.3, 0.4) is 0 Å². The van der Waals surface area contributed by atoms with Gasteiger partial charge in [0.15, 0.2) is 5.16 Å². The second kappa shape index (κ2) is 8.65. The molecule has 0 bridgehead atoms. The van der Waals surface area contributed by atoms with E-state index < -0.39 is 0 Å². The molecule has 5 heteroatoms. The number of thioether (sulfide) groups is 1. The predicted molar refractivity (Wildman–Crippen MR) is 115 cm³/mol. The van der Waals surface area contributed by atoms with Gasteiger partial charge in [-0.25, -0.2) is 4.98 Å². The second-order valence-corrected chi connectivity index (χ2v) is 8.30. The molecule has 0 spiro atoms. The van der Waals surface area contributed by atoms with E-state index in [1.165, 1.54) is 18.2 Å². The molecule has 0 radical (unpaired) electrons. The number of hydrogen-bond acceptors (Lipinski definition) is 3. The Balaban J connectivity index is 1.56. The van der Waals surface area contributed by atoms with Crippen molar-refractivity contribution < 1.29 is 4.79 Å². The van der Waals surface area contributed by atoms with Crippen LogP contribution >= 0.6 is 11.8 Å². The van der Waals surface area contributed by atoms with Gasteiger partial charge in [-0.05, 0) is 30.9 Å². The number of para-hydroxylation sites is 1. The minimum absolute atomic E-state index is 0.209. The number of rotatable bonds is 5. The van der Waals surface area contributed by atoms with Crippen molar-refractivity contribution in [2.24, 2.45) is 5.92 Å². The highest BCUT2D eigenvalue weighted by atomic mass is 32.2. The fourth-order valence-corrected chi connectivity index (χ4v) is 4.52. The number of amides is 1. The molecule has 28 heavy (non-hydrogen) atoms. The van der Waals surface area contributed by atoms with Crippen LogP contribution < -0.4 is 0 Å². The van der Waals surface area contributed by atoms with Crippen molar-refractivity contribution in [3.05, 3.63) is 66.9 Å². The lowest BCUT2D eigenvalue weighted by molar-refractivity contribution is -0.130. The van der Waals surface area contributed by atoms with Crippen LogP contribution in [-0.4, -0.2) is 39.2 Å². The van der Waals surface area contributed by atoms with E-state index in [0.29, 0.717) is 11.7 Å². The van der Waals surface area contributed by atoms with Crippen LogP contribution in [0.5, 0.6) is 0 Å². The molecule has 1 unspecified atom stereocenters. The molecule has 0 aliphatic carbocycles. The van der Waals surface area contributed by atoms with Crippen LogP contribution in [-0.2, 0) is 4.79 Å². The Hall–Kier alpha value is -2.53. The van der Waals surface area contributed by atoms with Gasteiger partial charge in [0, 0.05) is 30.5 Å². The molecule has 1 atom stereocenters. The summed E-state index contributed by atoms with van der Waals surface area (Å²) in [6.07, 6.45) is 4.38. The summed E-state index contributed by atoms with van der Waals surface area (Å²) in [7, 11) is 0. The fraction of sp³-hybridized carbons (Fsp3) is 0.304. The van der Waals surface area contributed by atoms with E-state index in [1.54, 1.807) is 0 Å². The number of aromatic nitrogens is 2. The van der Waals surface area contributed by atoms with Gasteiger partial charge in [0.25, 0.3) is 0 Å². The number of piperidine rings is 1. The molecule has 2 aromatic carbocycles. The molecule has 1 aliphatic rings. The van der Waals surface area contributed by atoms with Crippen molar-refractivity contribution in [1.29, 1.82) is 0 Å². The van der Waals surface area contributed by atoms with E-state index in [1.807, 2.05) is 41.3 Å². The van der Waals surface area contributed by atoms with Crippen molar-refractivity contribution >= 4 is 17.7 Å². The normalized spacial score (nSPS) is 16.9. The van der Waals surface area contributed by atoms with E-state index in [-0.39, 0.29) is 5.91 Å². The molecule has 0 N–H and O–H groups in total. The topological polar surface area (TPSA) is 38.1 Å². The number of carbonyl (C=O) groups excluding carboxylic acids is 1. The van der Waals surface area contributed by atoms with E-state index in [9.17, 15) is 4.79 Å². The molecule has 1 fully saturated rings. The third-order valence-electron chi connectivity index (χ3n) is 5.11. The van der Waals surface area contributed by atoms with Crippen LogP contribution in [0.2, 0.25) is 0 Å². The van der Waals surface area contributed by atoms with Crippen LogP contribution in [0.25, 0.3) is 16.9 Å². The first kappa shape index (κ1) is 18.8. The van der Waals surface area contributed by atoms with Crippen molar-refractivity contribution in [2.45, 2.75) is 24.9 Å². The zero-order valence-corrected chi connectivity index (χ0v) is 16.9. The lowest BCUT2D eigenvalue weighted by Crippen LogP contribution is -2.40. The summed E-state index contributed by atoms with van der Waals surface area (Å²) in [5.74, 6) is 1.23. The minimum atomic E-state index is 0.209. The summed E-state index contributed by atoms with van der Waals surface area (Å²) in [5.41, 5.74) is 3.06. The first-order chi connectivity index (χ1) is 13.7. The minimum Gasteiger partial charge on any atom is -0.342 e. The average Bonchev–Trinajstić information content (AvgIpc) is 3.17. The highest BCUT2D eigenvalue weighted by Crippen LogP contribution is 2.28. The molecule has 3 aromatic rings. The Kier molecular flexibility index (Phi) is 5.81. The maximum Gasteiger partial charge on any atom is 0.233 e. The van der Waals surface area contributed by atoms with Gasteiger partial charge in [0.2, 0.25) is 5.91 Å². The zero-order chi connectivity index (χ0) is 19.3. The first-order valence-electron chi connectivity index (χ1n) is 9.81. The monoisotopic (exact) mass is 391 g/mol. The quantitative estimate of drug-likeness (QED) is 0.581. The fourth-order valence-electron chi connectivity index (χ4n) is 3.62. The van der Waals surface area contributed by atoms with Crippen molar-refractivity contribution in [1.82, 2.24) is 14.5 Å². The molecule has 2 heterocycles. The van der Waals surface area contributed by atoms with Crippen LogP contribution in [0, 0.1) is 5.92 Å². The summed E-state index contributed by atoms with van der Waals surface area (Å²) in [6, 6.07) is 20.3. The Morgan fingerprint density at radius 2 is 1.82 bits per heavy atom. The molecule has 1 aromatic heterocycles. The highest BCUT2D eigenvalue weighted by molar-refractivity contribution is 7.99. The number of hydrogen-bond donors (Lipinski definition) is 0. The highest BCUT2D eigenvalue weighted by Gasteiger charge is 2.22. The van der Waals surface area contributed by atoms with E-state index in [0.717, 1.165) is 41.6 Å². The van der Waals surface area contributed by atoms with Crippen molar-refractivity contribution in [3.8, 4) is 16.9 Å². The third kappa shape index (κ3) is 4.30. The lowest BCUT2D eigenvalue weighted by Gasteiger charge is -2.30. The molecular formula is C23H25N3OS. The second-order valence-electron chi connectivity index (χ2n) is 7.36. The molecular weight excluding hydrogens is 366 g/mol. The van der Waals surface area contributed by atoms with Crippen LogP contribution in [0.15, 0.2) is 72.0 Å². The summed E-state index contributed by atoms with van der Waals surface area (Å²) >= 11 is 1.52. The van der Waals surface area contributed by atoms with Gasteiger partial charge in [-0.1, -0.05) is 67.2 Å². The number of benzene rings is 2. The molecule has 4 rings (SSSR count). The van der Waals surface area contributed by atoms with Gasteiger partial charge in [-0.3, -0.25) is 9.36 Å². The maximum absolute atomic E-state index is 12.7. The van der Waals surface area contributed by atoms with Crippen molar-refractivity contribution in [3.63, 3.8) is 0 Å². The van der Waals surface area contributed by atoms with Crippen LogP contribution in [0.4, 0.5) is 0 Å². The van der Waals surface area contributed by atoms with E-state index >= 15 is 0 Å². The molecule has 144 valence electrons. The Bertz CT molecular complexity index is 924. The average molecular weight is 392 g/mol. The van der Waals surface area contributed by atoms with Gasteiger partial charge < -0.3 is 4.90 Å². The Labute approximate surface area is 170 Å². The number of likely N-dealkylation sites (tertiary alicyclic amines) is 1. The largest absolute Gasteiger partial charge is 0.342 e. The SMILES string of the molecule is CC1CCCN(C(=O)CSc2nc(-c3ccccc3)cn2-c2ccccc2)C1. The molecule has 1 aliphatic heterocycles. The summed E-state index contributed by atoms with van der Waals surface area (Å²) in [5, 5.41) is 0.850. The van der Waals surface area contributed by atoms with E-state index in [4.69, 9.17) is 4.98 Å². The van der Waals surface area contributed by atoms with Gasteiger partial charge >= 0.3 is 0 Å². The lowest BCUT2D eigenvalue weighted by atomic mass is 10.0. The van der Waals surface area contributed by atoms with Gasteiger partial charge in [-0.2, -0.15) is 0 Å². The van der Waals surface area contributed by atoms with Crippen LogP contribution in [0.1, 0.15) is 19.8 Å².